The number of aromatic nitrogens is 1. The van der Waals surface area contributed by atoms with E-state index in [1.807, 2.05) is 27.7 Å². The van der Waals surface area contributed by atoms with Gasteiger partial charge in [-0.15, -0.1) is 11.3 Å². The molecular formula is C17H22N4O2S. The number of hydrogen-bond acceptors (Lipinski definition) is 4. The van der Waals surface area contributed by atoms with Gasteiger partial charge in [-0.3, -0.25) is 4.79 Å². The molecule has 0 saturated carbocycles. The van der Waals surface area contributed by atoms with Gasteiger partial charge in [0.2, 0.25) is 0 Å². The Morgan fingerprint density at radius 1 is 1.21 bits per heavy atom. The Bertz CT molecular complexity index is 734. The van der Waals surface area contributed by atoms with Crippen LogP contribution >= 0.6 is 11.3 Å². The minimum absolute atomic E-state index is 0.225. The van der Waals surface area contributed by atoms with Crippen LogP contribution in [0.3, 0.4) is 0 Å². The zero-order valence-corrected chi connectivity index (χ0v) is 15.1. The lowest BCUT2D eigenvalue weighted by Gasteiger charge is -2.21. The standard InChI is InChI=1S/C17H22N4O2S/c1-11-18-9-12(24-11)10-19-16(23)20-14-8-6-5-7-13(14)15(22)21-17(2,3)4/h5-9H,10H2,1-4H3,(H,21,22)(H2,19,20,23). The molecule has 6 nitrogen and oxygen atoms in total. The third-order valence-corrected chi connectivity index (χ3v) is 3.91. The van der Waals surface area contributed by atoms with Crippen molar-refractivity contribution in [3.05, 3.63) is 45.9 Å². The fourth-order valence-electron chi connectivity index (χ4n) is 2.02. The fourth-order valence-corrected chi connectivity index (χ4v) is 2.75. The number of nitrogens with one attached hydrogen (secondary N) is 3. The topological polar surface area (TPSA) is 83.1 Å². The molecule has 24 heavy (non-hydrogen) atoms. The second-order valence-electron chi connectivity index (χ2n) is 6.40. The van der Waals surface area contributed by atoms with Crippen LogP contribution in [0.2, 0.25) is 0 Å². The maximum atomic E-state index is 12.4. The van der Waals surface area contributed by atoms with Gasteiger partial charge in [0.25, 0.3) is 5.91 Å². The number of para-hydroxylation sites is 1. The molecule has 7 heteroatoms. The minimum Gasteiger partial charge on any atom is -0.347 e. The van der Waals surface area contributed by atoms with E-state index in [0.29, 0.717) is 17.8 Å². The van der Waals surface area contributed by atoms with Crippen LogP contribution in [0.25, 0.3) is 0 Å². The van der Waals surface area contributed by atoms with Crippen LogP contribution in [0.4, 0.5) is 10.5 Å². The van der Waals surface area contributed by atoms with Gasteiger partial charge in [-0.25, -0.2) is 9.78 Å². The van der Waals surface area contributed by atoms with Gasteiger partial charge in [0.1, 0.15) is 0 Å². The molecule has 0 aliphatic carbocycles. The number of carbonyl (C=O) groups excluding carboxylic acids is 2. The Labute approximate surface area is 145 Å². The van der Waals surface area contributed by atoms with Crippen LogP contribution < -0.4 is 16.0 Å². The zero-order chi connectivity index (χ0) is 17.7. The van der Waals surface area contributed by atoms with Crippen molar-refractivity contribution in [2.75, 3.05) is 5.32 Å². The fraction of sp³-hybridized carbons (Fsp3) is 0.353. The predicted octanol–water partition coefficient (Wildman–Crippen LogP) is 3.30. The second kappa shape index (κ2) is 7.44. The Hall–Kier alpha value is -2.41. The SMILES string of the molecule is Cc1ncc(CNC(=O)Nc2ccccc2C(=O)NC(C)(C)C)s1. The van der Waals surface area contributed by atoms with E-state index < -0.39 is 0 Å². The average Bonchev–Trinajstić information content (AvgIpc) is 2.89. The van der Waals surface area contributed by atoms with Crippen molar-refractivity contribution < 1.29 is 9.59 Å². The molecule has 1 aromatic carbocycles. The zero-order valence-electron chi connectivity index (χ0n) is 14.3. The number of thiazole rings is 1. The van der Waals surface area contributed by atoms with E-state index in [1.54, 1.807) is 30.5 Å². The molecule has 2 aromatic rings. The van der Waals surface area contributed by atoms with Gasteiger partial charge >= 0.3 is 6.03 Å². The highest BCUT2D eigenvalue weighted by molar-refractivity contribution is 7.11. The van der Waals surface area contributed by atoms with Crippen molar-refractivity contribution in [3.8, 4) is 0 Å². The third kappa shape index (κ3) is 5.34. The summed E-state index contributed by atoms with van der Waals surface area (Å²) in [4.78, 5) is 29.6. The molecule has 0 aliphatic heterocycles. The largest absolute Gasteiger partial charge is 0.347 e. The van der Waals surface area contributed by atoms with E-state index in [-0.39, 0.29) is 17.5 Å². The van der Waals surface area contributed by atoms with Gasteiger partial charge in [-0.2, -0.15) is 0 Å². The van der Waals surface area contributed by atoms with E-state index >= 15 is 0 Å². The molecule has 2 rings (SSSR count). The van der Waals surface area contributed by atoms with Crippen molar-refractivity contribution in [3.63, 3.8) is 0 Å². The quantitative estimate of drug-likeness (QED) is 0.794. The van der Waals surface area contributed by atoms with Crippen LogP contribution in [-0.4, -0.2) is 22.5 Å². The lowest BCUT2D eigenvalue weighted by atomic mass is 10.1. The van der Waals surface area contributed by atoms with Crippen molar-refractivity contribution in [2.24, 2.45) is 0 Å². The summed E-state index contributed by atoms with van der Waals surface area (Å²) in [6.07, 6.45) is 1.74. The van der Waals surface area contributed by atoms with Crippen molar-refractivity contribution >= 4 is 29.0 Å². The maximum absolute atomic E-state index is 12.4. The molecule has 0 atom stereocenters. The first kappa shape index (κ1) is 17.9. The summed E-state index contributed by atoms with van der Waals surface area (Å²) < 4.78 is 0. The lowest BCUT2D eigenvalue weighted by Crippen LogP contribution is -2.41. The number of nitrogens with zero attached hydrogens (tertiary/aromatic N) is 1. The molecule has 0 bridgehead atoms. The molecule has 0 aliphatic rings. The van der Waals surface area contributed by atoms with Crippen molar-refractivity contribution in [1.29, 1.82) is 0 Å². The minimum atomic E-state index is -0.364. The van der Waals surface area contributed by atoms with Crippen LogP contribution in [-0.2, 0) is 6.54 Å². The molecule has 0 radical (unpaired) electrons. The van der Waals surface area contributed by atoms with Crippen LogP contribution in [0.15, 0.2) is 30.5 Å². The summed E-state index contributed by atoms with van der Waals surface area (Å²) in [5, 5.41) is 9.34. The van der Waals surface area contributed by atoms with Crippen molar-refractivity contribution in [2.45, 2.75) is 39.8 Å². The first-order chi connectivity index (χ1) is 11.2. The summed E-state index contributed by atoms with van der Waals surface area (Å²) in [6, 6.07) is 6.56. The van der Waals surface area contributed by atoms with Gasteiger partial charge < -0.3 is 16.0 Å². The highest BCUT2D eigenvalue weighted by Gasteiger charge is 2.18. The molecule has 0 fully saturated rings. The number of amides is 3. The number of anilines is 1. The second-order valence-corrected chi connectivity index (χ2v) is 7.72. The summed E-state index contributed by atoms with van der Waals surface area (Å²) in [5.41, 5.74) is 0.546. The van der Waals surface area contributed by atoms with E-state index in [4.69, 9.17) is 0 Å². The molecule has 1 heterocycles. The van der Waals surface area contributed by atoms with Crippen LogP contribution in [0, 0.1) is 6.92 Å². The monoisotopic (exact) mass is 346 g/mol. The van der Waals surface area contributed by atoms with Crippen LogP contribution in [0.5, 0.6) is 0 Å². The Morgan fingerprint density at radius 3 is 2.54 bits per heavy atom. The smallest absolute Gasteiger partial charge is 0.319 e. The van der Waals surface area contributed by atoms with Gasteiger partial charge in [0.05, 0.1) is 22.8 Å². The highest BCUT2D eigenvalue weighted by Crippen LogP contribution is 2.16. The average molecular weight is 346 g/mol. The number of rotatable bonds is 4. The van der Waals surface area contributed by atoms with Crippen molar-refractivity contribution in [1.82, 2.24) is 15.6 Å². The molecule has 3 N–H and O–H groups in total. The summed E-state index contributed by atoms with van der Waals surface area (Å²) in [7, 11) is 0. The van der Waals surface area contributed by atoms with E-state index in [9.17, 15) is 9.59 Å². The Balaban J connectivity index is 2.01. The van der Waals surface area contributed by atoms with E-state index in [2.05, 4.69) is 20.9 Å². The predicted molar refractivity (Wildman–Crippen MR) is 96.4 cm³/mol. The summed E-state index contributed by atoms with van der Waals surface area (Å²) in [5.74, 6) is -0.225. The first-order valence-electron chi connectivity index (χ1n) is 7.62. The molecule has 0 spiro atoms. The molecule has 1 aromatic heterocycles. The van der Waals surface area contributed by atoms with Gasteiger partial charge in [-0.05, 0) is 39.8 Å². The number of benzene rings is 1. The van der Waals surface area contributed by atoms with E-state index in [1.165, 1.54) is 11.3 Å². The molecule has 3 amide bonds. The Kier molecular flexibility index (Phi) is 5.56. The first-order valence-corrected chi connectivity index (χ1v) is 8.44. The number of aryl methyl sites for hydroxylation is 1. The summed E-state index contributed by atoms with van der Waals surface area (Å²) >= 11 is 1.53. The molecular weight excluding hydrogens is 324 g/mol. The normalized spacial score (nSPS) is 11.0. The van der Waals surface area contributed by atoms with E-state index in [0.717, 1.165) is 9.88 Å². The third-order valence-electron chi connectivity index (χ3n) is 3.00. The Morgan fingerprint density at radius 2 is 1.92 bits per heavy atom. The number of carbonyl (C=O) groups is 2. The number of hydrogen-bond donors (Lipinski definition) is 3. The maximum Gasteiger partial charge on any atom is 0.319 e. The van der Waals surface area contributed by atoms with Gasteiger partial charge in [-0.1, -0.05) is 12.1 Å². The highest BCUT2D eigenvalue weighted by atomic mass is 32.1. The molecule has 0 unspecified atom stereocenters. The molecule has 128 valence electrons. The lowest BCUT2D eigenvalue weighted by molar-refractivity contribution is 0.0920. The van der Waals surface area contributed by atoms with Gasteiger partial charge in [0, 0.05) is 16.6 Å². The number of urea groups is 1. The molecule has 0 saturated heterocycles. The van der Waals surface area contributed by atoms with Gasteiger partial charge in [0.15, 0.2) is 0 Å². The van der Waals surface area contributed by atoms with Crippen LogP contribution in [0.1, 0.15) is 41.0 Å². The summed E-state index contributed by atoms with van der Waals surface area (Å²) in [6.45, 7) is 8.03.